The van der Waals surface area contributed by atoms with Crippen LogP contribution in [0.25, 0.3) is 0 Å². The molecule has 0 bridgehead atoms. The monoisotopic (exact) mass is 346 g/mol. The summed E-state index contributed by atoms with van der Waals surface area (Å²) in [6, 6.07) is 15.2. The van der Waals surface area contributed by atoms with Gasteiger partial charge in [-0.1, -0.05) is 0 Å². The van der Waals surface area contributed by atoms with Gasteiger partial charge in [0.1, 0.15) is 0 Å². The van der Waals surface area contributed by atoms with Crippen LogP contribution in [0, 0.1) is 0 Å². The first-order chi connectivity index (χ1) is 9.65. The first-order valence-electron chi connectivity index (χ1n) is 6.15. The zero-order valence-electron chi connectivity index (χ0n) is 10.5. The van der Waals surface area contributed by atoms with Gasteiger partial charge in [0.25, 0.3) is 0 Å². The van der Waals surface area contributed by atoms with E-state index < -0.39 is 0 Å². The van der Waals surface area contributed by atoms with Crippen LogP contribution in [-0.4, -0.2) is 33.3 Å². The second-order valence-corrected chi connectivity index (χ2v) is 6.23. The Hall–Kier alpha value is -1.57. The average molecular weight is 347 g/mol. The zero-order chi connectivity index (χ0) is 14.1. The predicted molar refractivity (Wildman–Crippen MR) is 84.5 cm³/mol. The van der Waals surface area contributed by atoms with E-state index in [-0.39, 0.29) is 10.7 Å². The third-order valence-corrected chi connectivity index (χ3v) is 4.29. The molecular formula is C15H12AsClN2O. The number of carbonyl (C=O) groups excluding carboxylic acids is 1. The first kappa shape index (κ1) is 13.4. The van der Waals surface area contributed by atoms with Crippen LogP contribution in [0.15, 0.2) is 53.5 Å². The Morgan fingerprint density at radius 3 is 2.55 bits per heavy atom. The summed E-state index contributed by atoms with van der Waals surface area (Å²) in [5.74, 6) is -0.0681. The number of amides is 1. The number of carbonyl (C=O) groups is 1. The molecule has 2 unspecified atom stereocenters. The van der Waals surface area contributed by atoms with E-state index in [1.54, 1.807) is 0 Å². The first-order valence-corrected chi connectivity index (χ1v) is 7.92. The molecule has 1 amide bonds. The molecule has 2 atom stereocenters. The van der Waals surface area contributed by atoms with E-state index in [1.807, 2.05) is 48.5 Å². The number of rotatable bonds is 1. The molecule has 20 heavy (non-hydrogen) atoms. The Kier molecular flexibility index (Phi) is 3.64. The fraction of sp³-hybridized carbons (Fsp3) is 0.0667. The summed E-state index contributed by atoms with van der Waals surface area (Å²) >= 11 is 7.22. The van der Waals surface area contributed by atoms with Gasteiger partial charge in [-0.05, 0) is 0 Å². The van der Waals surface area contributed by atoms with Gasteiger partial charge in [-0.25, -0.2) is 0 Å². The molecule has 1 N–H and O–H groups in total. The molecule has 0 aliphatic carbocycles. The van der Waals surface area contributed by atoms with Crippen molar-refractivity contribution in [3.05, 3.63) is 64.7 Å². The van der Waals surface area contributed by atoms with E-state index >= 15 is 0 Å². The SMILES string of the molecule is O=C1Nc2ccccc2C(c2ccc(Cl)cc2)=NC1[AsH2]. The number of benzene rings is 2. The third kappa shape index (κ3) is 2.52. The molecule has 0 saturated heterocycles. The number of benzodiazepines with no additional fused rings is 1. The van der Waals surface area contributed by atoms with Crippen LogP contribution in [0.1, 0.15) is 11.1 Å². The van der Waals surface area contributed by atoms with Crippen molar-refractivity contribution >= 4 is 45.8 Å². The molecular weight excluding hydrogens is 335 g/mol. The Balaban J connectivity index is 2.18. The summed E-state index contributed by atoms with van der Waals surface area (Å²) < 4.78 is 0. The molecule has 3 nitrogen and oxygen atoms in total. The summed E-state index contributed by atoms with van der Waals surface area (Å²) in [6.07, 6.45) is 0. The molecule has 1 aliphatic rings. The standard InChI is InChI=1S/C15H12AsClN2O/c16-14-15(20)18-12-4-2-1-3-11(12)13(19-14)9-5-7-10(17)8-6-9/h1-8,14H,16H2,(H,18,20). The molecule has 2 aromatic rings. The number of nitrogens with one attached hydrogen (secondary N) is 1. The Bertz CT molecular complexity index is 697. The number of halogens is 1. The Morgan fingerprint density at radius 1 is 1.10 bits per heavy atom. The van der Waals surface area contributed by atoms with Gasteiger partial charge in [0.05, 0.1) is 0 Å². The number of hydrogen-bond donors (Lipinski definition) is 1. The van der Waals surface area contributed by atoms with E-state index in [9.17, 15) is 4.79 Å². The van der Waals surface area contributed by atoms with E-state index in [1.165, 1.54) is 16.9 Å². The maximum atomic E-state index is 12.0. The number of hydrogen-bond acceptors (Lipinski definition) is 2. The fourth-order valence-electron chi connectivity index (χ4n) is 2.11. The molecule has 0 saturated carbocycles. The molecule has 2 aromatic carbocycles. The van der Waals surface area contributed by atoms with Crippen molar-refractivity contribution in [3.63, 3.8) is 0 Å². The number of fused-ring (bicyclic) bond motifs is 1. The van der Waals surface area contributed by atoms with Crippen molar-refractivity contribution in [2.45, 2.75) is 4.83 Å². The maximum absolute atomic E-state index is 12.0. The molecule has 100 valence electrons. The Labute approximate surface area is 130 Å². The van der Waals surface area contributed by atoms with Crippen LogP contribution in [0.2, 0.25) is 5.02 Å². The summed E-state index contributed by atoms with van der Waals surface area (Å²) in [4.78, 5) is 16.2. The molecule has 1 heterocycles. The number of nitrogens with zero attached hydrogens (tertiary/aromatic N) is 1. The van der Waals surface area contributed by atoms with E-state index in [0.29, 0.717) is 5.02 Å². The number of para-hydroxylation sites is 1. The van der Waals surface area contributed by atoms with Crippen molar-refractivity contribution in [1.82, 2.24) is 0 Å². The van der Waals surface area contributed by atoms with E-state index in [4.69, 9.17) is 11.6 Å². The van der Waals surface area contributed by atoms with Gasteiger partial charge >= 0.3 is 130 Å². The van der Waals surface area contributed by atoms with Crippen LogP contribution in [0.5, 0.6) is 0 Å². The van der Waals surface area contributed by atoms with Crippen LogP contribution in [0.3, 0.4) is 0 Å². The van der Waals surface area contributed by atoms with Gasteiger partial charge in [-0.3, -0.25) is 0 Å². The van der Waals surface area contributed by atoms with Crippen molar-refractivity contribution in [2.24, 2.45) is 4.99 Å². The minimum absolute atomic E-state index is 0.0681. The van der Waals surface area contributed by atoms with Crippen molar-refractivity contribution < 1.29 is 4.79 Å². The molecule has 1 aliphatic heterocycles. The van der Waals surface area contributed by atoms with E-state index in [0.717, 1.165) is 22.5 Å². The van der Waals surface area contributed by atoms with Crippen LogP contribution in [0.4, 0.5) is 5.69 Å². The van der Waals surface area contributed by atoms with Gasteiger partial charge in [0, 0.05) is 0 Å². The van der Waals surface area contributed by atoms with Gasteiger partial charge in [0.2, 0.25) is 0 Å². The van der Waals surface area contributed by atoms with E-state index in [2.05, 4.69) is 10.3 Å². The van der Waals surface area contributed by atoms with Crippen molar-refractivity contribution in [1.29, 1.82) is 0 Å². The minimum atomic E-state index is -0.361. The summed E-state index contributed by atoms with van der Waals surface area (Å²) in [5.41, 5.74) is 3.51. The van der Waals surface area contributed by atoms with Crippen LogP contribution < -0.4 is 5.32 Å². The number of anilines is 1. The van der Waals surface area contributed by atoms with Gasteiger partial charge in [-0.2, -0.15) is 0 Å². The topological polar surface area (TPSA) is 41.5 Å². The number of aliphatic imine (C=N–C) groups is 1. The summed E-state index contributed by atoms with van der Waals surface area (Å²) in [5, 5.41) is 3.60. The van der Waals surface area contributed by atoms with Gasteiger partial charge in [0.15, 0.2) is 0 Å². The Morgan fingerprint density at radius 2 is 1.80 bits per heavy atom. The van der Waals surface area contributed by atoms with Crippen molar-refractivity contribution in [2.75, 3.05) is 5.32 Å². The van der Waals surface area contributed by atoms with Crippen molar-refractivity contribution in [3.8, 4) is 0 Å². The second kappa shape index (κ2) is 5.43. The van der Waals surface area contributed by atoms with Crippen LogP contribution in [-0.2, 0) is 4.79 Å². The molecule has 5 heteroatoms. The van der Waals surface area contributed by atoms with Gasteiger partial charge < -0.3 is 0 Å². The molecule has 0 spiro atoms. The molecule has 0 fully saturated rings. The predicted octanol–water partition coefficient (Wildman–Crippen LogP) is 2.09. The third-order valence-electron chi connectivity index (χ3n) is 3.09. The zero-order valence-corrected chi connectivity index (χ0v) is 13.7. The molecule has 0 aromatic heterocycles. The molecule has 0 radical (unpaired) electrons. The van der Waals surface area contributed by atoms with Crippen LogP contribution >= 0.6 is 11.6 Å². The van der Waals surface area contributed by atoms with Gasteiger partial charge in [-0.15, -0.1) is 0 Å². The summed E-state index contributed by atoms with van der Waals surface area (Å²) in [6.45, 7) is 0. The average Bonchev–Trinajstić information content (AvgIpc) is 2.58. The quantitative estimate of drug-likeness (QED) is 0.789. The fourth-order valence-corrected chi connectivity index (χ4v) is 2.72. The molecule has 3 rings (SSSR count). The summed E-state index contributed by atoms with van der Waals surface area (Å²) in [7, 11) is 0. The second-order valence-electron chi connectivity index (χ2n) is 4.46. The normalized spacial score (nSPS) is 17.8.